The third-order valence-electron chi connectivity index (χ3n) is 3.41. The Morgan fingerprint density at radius 2 is 2.10 bits per heavy atom. The Kier molecular flexibility index (Phi) is 4.32. The Morgan fingerprint density at radius 1 is 1.40 bits per heavy atom. The maximum absolute atomic E-state index is 13.0. The van der Waals surface area contributed by atoms with Crippen molar-refractivity contribution in [3.05, 3.63) is 35.4 Å². The van der Waals surface area contributed by atoms with Gasteiger partial charge in [-0.15, -0.1) is 0 Å². The highest BCUT2D eigenvalue weighted by Crippen LogP contribution is 2.39. The van der Waals surface area contributed by atoms with Gasteiger partial charge in [-0.05, 0) is 31.5 Å². The van der Waals surface area contributed by atoms with E-state index in [0.717, 1.165) is 6.07 Å². The molecule has 0 aliphatic carbocycles. The van der Waals surface area contributed by atoms with Crippen LogP contribution in [0.3, 0.4) is 0 Å². The molecule has 2 atom stereocenters. The lowest BCUT2D eigenvalue weighted by molar-refractivity contribution is -0.149. The molecule has 0 unspecified atom stereocenters. The summed E-state index contributed by atoms with van der Waals surface area (Å²) in [6.45, 7) is 2.41. The monoisotopic (exact) mass is 287 g/mol. The normalized spacial score (nSPS) is 22.8. The van der Waals surface area contributed by atoms with Gasteiger partial charge in [0.15, 0.2) is 0 Å². The van der Waals surface area contributed by atoms with Crippen molar-refractivity contribution in [1.29, 1.82) is 0 Å². The Morgan fingerprint density at radius 3 is 2.75 bits per heavy atom. The molecule has 2 rings (SSSR count). The summed E-state index contributed by atoms with van der Waals surface area (Å²) in [5.41, 5.74) is -0.593. The Bertz CT molecular complexity index is 488. The quantitative estimate of drug-likeness (QED) is 0.869. The largest absolute Gasteiger partial charge is 0.466 e. The molecule has 3 nitrogen and oxygen atoms in total. The maximum Gasteiger partial charge on any atom is 0.416 e. The maximum atomic E-state index is 13.0. The molecule has 0 radical (unpaired) electrons. The SMILES string of the molecule is CCOC(=O)[C@H]1CCN[C@@H]1c1ccccc1C(F)(F)F. The van der Waals surface area contributed by atoms with Crippen LogP contribution in [-0.4, -0.2) is 19.1 Å². The van der Waals surface area contributed by atoms with E-state index in [0.29, 0.717) is 13.0 Å². The molecule has 0 bridgehead atoms. The lowest BCUT2D eigenvalue weighted by Crippen LogP contribution is -2.27. The number of nitrogens with one attached hydrogen (secondary N) is 1. The number of alkyl halides is 3. The fraction of sp³-hybridized carbons (Fsp3) is 0.500. The summed E-state index contributed by atoms with van der Waals surface area (Å²) in [6, 6.07) is 4.70. The molecule has 20 heavy (non-hydrogen) atoms. The molecule has 1 saturated heterocycles. The molecule has 0 aromatic heterocycles. The molecule has 1 aliphatic heterocycles. The molecule has 1 fully saturated rings. The first-order valence-electron chi connectivity index (χ1n) is 6.51. The van der Waals surface area contributed by atoms with Gasteiger partial charge in [0.05, 0.1) is 18.1 Å². The van der Waals surface area contributed by atoms with E-state index in [9.17, 15) is 18.0 Å². The fourth-order valence-electron chi connectivity index (χ4n) is 2.56. The molecule has 1 aromatic rings. The number of ether oxygens (including phenoxy) is 1. The molecule has 1 N–H and O–H groups in total. The van der Waals surface area contributed by atoms with Crippen LogP contribution in [0.5, 0.6) is 0 Å². The van der Waals surface area contributed by atoms with Gasteiger partial charge >= 0.3 is 12.1 Å². The van der Waals surface area contributed by atoms with E-state index in [4.69, 9.17) is 4.74 Å². The van der Waals surface area contributed by atoms with Crippen LogP contribution in [0.1, 0.15) is 30.5 Å². The highest BCUT2D eigenvalue weighted by atomic mass is 19.4. The van der Waals surface area contributed by atoms with E-state index in [2.05, 4.69) is 5.32 Å². The van der Waals surface area contributed by atoms with Crippen molar-refractivity contribution < 1.29 is 22.7 Å². The lowest BCUT2D eigenvalue weighted by atomic mass is 9.91. The van der Waals surface area contributed by atoms with Gasteiger partial charge in [0.1, 0.15) is 0 Å². The molecule has 1 heterocycles. The van der Waals surface area contributed by atoms with Crippen LogP contribution in [0.2, 0.25) is 0 Å². The predicted octanol–water partition coefficient (Wildman–Crippen LogP) is 2.92. The van der Waals surface area contributed by atoms with E-state index in [1.807, 2.05) is 0 Å². The highest BCUT2D eigenvalue weighted by Gasteiger charge is 2.41. The van der Waals surface area contributed by atoms with Gasteiger partial charge in [0.2, 0.25) is 0 Å². The Labute approximate surface area is 115 Å². The summed E-state index contributed by atoms with van der Waals surface area (Å²) >= 11 is 0. The zero-order valence-corrected chi connectivity index (χ0v) is 11.0. The van der Waals surface area contributed by atoms with Crippen LogP contribution in [0, 0.1) is 5.92 Å². The molecule has 6 heteroatoms. The second-order valence-electron chi connectivity index (χ2n) is 4.66. The number of carbonyl (C=O) groups is 1. The van der Waals surface area contributed by atoms with Crippen LogP contribution < -0.4 is 5.32 Å². The average Bonchev–Trinajstić information content (AvgIpc) is 2.87. The molecule has 1 aliphatic rings. The number of hydrogen-bond donors (Lipinski definition) is 1. The van der Waals surface area contributed by atoms with E-state index < -0.39 is 29.7 Å². The summed E-state index contributed by atoms with van der Waals surface area (Å²) in [6.07, 6.45) is -3.95. The lowest BCUT2D eigenvalue weighted by Gasteiger charge is -2.22. The summed E-state index contributed by atoms with van der Waals surface area (Å²) in [4.78, 5) is 11.8. The summed E-state index contributed by atoms with van der Waals surface area (Å²) < 4.78 is 44.0. The first kappa shape index (κ1) is 14.8. The fourth-order valence-corrected chi connectivity index (χ4v) is 2.56. The molecule has 110 valence electrons. The molecule has 0 amide bonds. The Balaban J connectivity index is 2.33. The molecule has 0 saturated carbocycles. The van der Waals surface area contributed by atoms with Crippen LogP contribution >= 0.6 is 0 Å². The first-order valence-corrected chi connectivity index (χ1v) is 6.51. The van der Waals surface area contributed by atoms with Crippen molar-refractivity contribution in [3.63, 3.8) is 0 Å². The molecular weight excluding hydrogens is 271 g/mol. The van der Waals surface area contributed by atoms with E-state index >= 15 is 0 Å². The van der Waals surface area contributed by atoms with Gasteiger partial charge in [0.25, 0.3) is 0 Å². The number of esters is 1. The average molecular weight is 287 g/mol. The van der Waals surface area contributed by atoms with Crippen molar-refractivity contribution >= 4 is 5.97 Å². The van der Waals surface area contributed by atoms with Crippen molar-refractivity contribution in [1.82, 2.24) is 5.32 Å². The van der Waals surface area contributed by atoms with E-state index in [1.54, 1.807) is 13.0 Å². The number of benzene rings is 1. The van der Waals surface area contributed by atoms with Crippen molar-refractivity contribution in [2.45, 2.75) is 25.6 Å². The van der Waals surface area contributed by atoms with Gasteiger partial charge in [-0.1, -0.05) is 18.2 Å². The van der Waals surface area contributed by atoms with Gasteiger partial charge in [-0.3, -0.25) is 4.79 Å². The molecular formula is C14H16F3NO2. The number of hydrogen-bond acceptors (Lipinski definition) is 3. The van der Waals surface area contributed by atoms with E-state index in [1.165, 1.54) is 12.1 Å². The summed E-state index contributed by atoms with van der Waals surface area (Å²) in [7, 11) is 0. The zero-order valence-electron chi connectivity index (χ0n) is 11.0. The first-order chi connectivity index (χ1) is 9.45. The predicted molar refractivity (Wildman–Crippen MR) is 66.9 cm³/mol. The van der Waals surface area contributed by atoms with Gasteiger partial charge in [-0.2, -0.15) is 13.2 Å². The minimum Gasteiger partial charge on any atom is -0.466 e. The van der Waals surface area contributed by atoms with Crippen molar-refractivity contribution in [2.24, 2.45) is 5.92 Å². The Hall–Kier alpha value is -1.56. The third kappa shape index (κ3) is 2.95. The van der Waals surface area contributed by atoms with Crippen LogP contribution in [0.25, 0.3) is 0 Å². The zero-order chi connectivity index (χ0) is 14.8. The van der Waals surface area contributed by atoms with Crippen LogP contribution in [-0.2, 0) is 15.7 Å². The van der Waals surface area contributed by atoms with Crippen molar-refractivity contribution in [3.8, 4) is 0 Å². The van der Waals surface area contributed by atoms with Gasteiger partial charge < -0.3 is 10.1 Å². The van der Waals surface area contributed by atoms with Crippen LogP contribution in [0.4, 0.5) is 13.2 Å². The minimum absolute atomic E-state index is 0.107. The minimum atomic E-state index is -4.43. The number of rotatable bonds is 3. The second-order valence-corrected chi connectivity index (χ2v) is 4.66. The summed E-state index contributed by atoms with van der Waals surface area (Å²) in [5.74, 6) is -1.02. The van der Waals surface area contributed by atoms with Crippen molar-refractivity contribution in [2.75, 3.05) is 13.2 Å². The molecule has 0 spiro atoms. The number of carbonyl (C=O) groups excluding carboxylic acids is 1. The smallest absolute Gasteiger partial charge is 0.416 e. The van der Waals surface area contributed by atoms with Gasteiger partial charge in [-0.25, -0.2) is 0 Å². The molecule has 1 aromatic carbocycles. The third-order valence-corrected chi connectivity index (χ3v) is 3.41. The second kappa shape index (κ2) is 5.83. The summed E-state index contributed by atoms with van der Waals surface area (Å²) in [5, 5.41) is 2.97. The van der Waals surface area contributed by atoms with Gasteiger partial charge in [0, 0.05) is 6.04 Å². The van der Waals surface area contributed by atoms with E-state index in [-0.39, 0.29) is 12.2 Å². The standard InChI is InChI=1S/C14H16F3NO2/c1-2-20-13(19)10-7-8-18-12(10)9-5-3-4-6-11(9)14(15,16)17/h3-6,10,12,18H,2,7-8H2,1H3/t10-,12+/m0/s1. The van der Waals surface area contributed by atoms with Crippen LogP contribution in [0.15, 0.2) is 24.3 Å². The highest BCUT2D eigenvalue weighted by molar-refractivity contribution is 5.74. The number of halogens is 3. The topological polar surface area (TPSA) is 38.3 Å².